The normalized spacial score (nSPS) is 18.3. The van der Waals surface area contributed by atoms with E-state index in [1.54, 1.807) is 24.1 Å². The summed E-state index contributed by atoms with van der Waals surface area (Å²) in [5.41, 5.74) is 2.18. The van der Waals surface area contributed by atoms with Crippen molar-refractivity contribution in [3.05, 3.63) is 76.5 Å². The van der Waals surface area contributed by atoms with E-state index in [0.29, 0.717) is 30.9 Å². The molecule has 1 saturated carbocycles. The number of nitrogens with zero attached hydrogens (tertiary/aromatic N) is 2. The molecule has 0 radical (unpaired) electrons. The summed E-state index contributed by atoms with van der Waals surface area (Å²) in [6.45, 7) is 1.76. The predicted molar refractivity (Wildman–Crippen MR) is 142 cm³/mol. The van der Waals surface area contributed by atoms with Gasteiger partial charge in [-0.15, -0.1) is 11.3 Å². The van der Waals surface area contributed by atoms with Crippen LogP contribution in [0.15, 0.2) is 66.0 Å². The van der Waals surface area contributed by atoms with E-state index in [4.69, 9.17) is 9.47 Å². The van der Waals surface area contributed by atoms with Crippen molar-refractivity contribution in [2.45, 2.75) is 44.2 Å². The van der Waals surface area contributed by atoms with Crippen LogP contribution < -0.4 is 14.4 Å². The molecule has 6 nitrogen and oxygen atoms in total. The monoisotopic (exact) mass is 504 g/mol. The molecule has 0 bridgehead atoms. The van der Waals surface area contributed by atoms with Gasteiger partial charge in [0.25, 0.3) is 11.7 Å². The van der Waals surface area contributed by atoms with Crippen LogP contribution in [0.1, 0.15) is 40.9 Å². The van der Waals surface area contributed by atoms with Gasteiger partial charge in [-0.1, -0.05) is 36.4 Å². The van der Waals surface area contributed by atoms with Gasteiger partial charge < -0.3 is 19.3 Å². The zero-order valence-electron chi connectivity index (χ0n) is 20.6. The Morgan fingerprint density at radius 3 is 2.50 bits per heavy atom. The highest BCUT2D eigenvalue weighted by atomic mass is 32.1. The van der Waals surface area contributed by atoms with Crippen LogP contribution in [-0.4, -0.2) is 55.5 Å². The van der Waals surface area contributed by atoms with Crippen LogP contribution in [0.25, 0.3) is 0 Å². The minimum atomic E-state index is -0.423. The third kappa shape index (κ3) is 5.41. The lowest BCUT2D eigenvalue weighted by molar-refractivity contribution is -0.129. The van der Waals surface area contributed by atoms with Gasteiger partial charge in [0.1, 0.15) is 0 Å². The molecule has 0 N–H and O–H groups in total. The summed E-state index contributed by atoms with van der Waals surface area (Å²) < 4.78 is 11.9. The van der Waals surface area contributed by atoms with Gasteiger partial charge in [-0.25, -0.2) is 0 Å². The molecule has 1 saturated heterocycles. The highest BCUT2D eigenvalue weighted by molar-refractivity contribution is 7.13. The zero-order valence-corrected chi connectivity index (χ0v) is 21.4. The molecule has 36 heavy (non-hydrogen) atoms. The Hall–Kier alpha value is -3.32. The molecule has 1 aliphatic carbocycles. The topological polar surface area (TPSA) is 59.1 Å². The highest BCUT2D eigenvalue weighted by Gasteiger charge is 2.35. The molecule has 0 spiro atoms. The second-order valence-corrected chi connectivity index (χ2v) is 10.4. The second-order valence-electron chi connectivity index (χ2n) is 9.45. The molecule has 2 aromatic carbocycles. The number of rotatable bonds is 8. The summed E-state index contributed by atoms with van der Waals surface area (Å²) in [6.07, 6.45) is 5.47. The van der Waals surface area contributed by atoms with Crippen molar-refractivity contribution in [2.75, 3.05) is 31.6 Å². The SMILES string of the molecule is COc1ccc(N2CCN(C(=O)C(=O)c3cccs3)[C@@H](Cc3ccccc3)C2)cc1OC1CCCC1. The van der Waals surface area contributed by atoms with Crippen molar-refractivity contribution < 1.29 is 19.1 Å². The van der Waals surface area contributed by atoms with Crippen LogP contribution in [0.5, 0.6) is 11.5 Å². The van der Waals surface area contributed by atoms with Gasteiger partial charge in [-0.2, -0.15) is 0 Å². The van der Waals surface area contributed by atoms with E-state index in [1.165, 1.54) is 24.2 Å². The van der Waals surface area contributed by atoms with E-state index < -0.39 is 11.7 Å². The van der Waals surface area contributed by atoms with E-state index in [0.717, 1.165) is 35.6 Å². The molecule has 1 atom stereocenters. The second kappa shape index (κ2) is 11.2. The lowest BCUT2D eigenvalue weighted by Gasteiger charge is -2.42. The molecule has 7 heteroatoms. The molecular weight excluding hydrogens is 472 g/mol. The van der Waals surface area contributed by atoms with Gasteiger partial charge in [0.2, 0.25) is 0 Å². The smallest absolute Gasteiger partial charge is 0.296 e. The van der Waals surface area contributed by atoms with Crippen molar-refractivity contribution >= 4 is 28.7 Å². The molecular formula is C29H32N2O4S. The summed E-state index contributed by atoms with van der Waals surface area (Å²) in [7, 11) is 1.67. The number of carbonyl (C=O) groups is 2. The van der Waals surface area contributed by atoms with Gasteiger partial charge in [-0.3, -0.25) is 9.59 Å². The number of benzene rings is 2. The van der Waals surface area contributed by atoms with Gasteiger partial charge in [0.05, 0.1) is 24.1 Å². The fourth-order valence-corrected chi connectivity index (χ4v) is 5.86. The number of amides is 1. The number of ketones is 1. The largest absolute Gasteiger partial charge is 0.493 e. The van der Waals surface area contributed by atoms with E-state index in [9.17, 15) is 9.59 Å². The van der Waals surface area contributed by atoms with E-state index in [1.807, 2.05) is 35.7 Å². The number of hydrogen-bond acceptors (Lipinski definition) is 6. The molecule has 1 amide bonds. The Kier molecular flexibility index (Phi) is 7.56. The quantitative estimate of drug-likeness (QED) is 0.311. The first-order valence-corrected chi connectivity index (χ1v) is 13.5. The van der Waals surface area contributed by atoms with Crippen molar-refractivity contribution in [3.8, 4) is 11.5 Å². The molecule has 3 aromatic rings. The van der Waals surface area contributed by atoms with Crippen LogP contribution in [0.4, 0.5) is 5.69 Å². The number of methoxy groups -OCH3 is 1. The number of hydrogen-bond donors (Lipinski definition) is 0. The van der Waals surface area contributed by atoms with Crippen LogP contribution in [-0.2, 0) is 11.2 Å². The number of carbonyl (C=O) groups excluding carboxylic acids is 2. The molecule has 1 aromatic heterocycles. The number of anilines is 1. The predicted octanol–water partition coefficient (Wildman–Crippen LogP) is 5.22. The zero-order chi connectivity index (χ0) is 24.9. The molecule has 2 fully saturated rings. The Morgan fingerprint density at radius 1 is 0.972 bits per heavy atom. The summed E-state index contributed by atoms with van der Waals surface area (Å²) in [5.74, 6) is 0.668. The lowest BCUT2D eigenvalue weighted by Crippen LogP contribution is -2.57. The third-order valence-electron chi connectivity index (χ3n) is 7.11. The van der Waals surface area contributed by atoms with Gasteiger partial charge >= 0.3 is 0 Å². The highest BCUT2D eigenvalue weighted by Crippen LogP contribution is 2.36. The van der Waals surface area contributed by atoms with Crippen LogP contribution in [0.2, 0.25) is 0 Å². The Morgan fingerprint density at radius 2 is 1.78 bits per heavy atom. The minimum absolute atomic E-state index is 0.126. The lowest BCUT2D eigenvalue weighted by atomic mass is 10.0. The van der Waals surface area contributed by atoms with Crippen LogP contribution >= 0.6 is 11.3 Å². The Labute approximate surface area is 216 Å². The molecule has 188 valence electrons. The van der Waals surface area contributed by atoms with Crippen molar-refractivity contribution in [1.29, 1.82) is 0 Å². The summed E-state index contributed by atoms with van der Waals surface area (Å²) >= 11 is 1.31. The van der Waals surface area contributed by atoms with Crippen molar-refractivity contribution in [2.24, 2.45) is 0 Å². The maximum absolute atomic E-state index is 13.3. The first kappa shape index (κ1) is 24.4. The standard InChI is InChI=1S/C29H32N2O4S/c1-34-25-14-13-22(19-26(25)35-24-10-5-6-11-24)30-15-16-31(29(33)28(32)27-12-7-17-36-27)23(20-30)18-21-8-3-2-4-9-21/h2-4,7-9,12-14,17,19,23-24H,5-6,10-11,15-16,18,20H2,1H3/t23-/m0/s1. The molecule has 2 heterocycles. The number of piperazine rings is 1. The summed E-state index contributed by atoms with van der Waals surface area (Å²) in [5, 5.41) is 1.83. The molecule has 5 rings (SSSR count). The summed E-state index contributed by atoms with van der Waals surface area (Å²) in [6, 6.07) is 19.6. The number of ether oxygens (including phenoxy) is 2. The Balaban J connectivity index is 1.38. The average molecular weight is 505 g/mol. The molecule has 2 aliphatic rings. The average Bonchev–Trinajstić information content (AvgIpc) is 3.63. The summed E-state index contributed by atoms with van der Waals surface area (Å²) in [4.78, 5) is 30.8. The maximum Gasteiger partial charge on any atom is 0.296 e. The number of Topliss-reactive ketones (excluding diaryl/α,β-unsaturated/α-hetero) is 1. The van der Waals surface area contributed by atoms with Crippen molar-refractivity contribution in [1.82, 2.24) is 4.90 Å². The molecule has 1 aliphatic heterocycles. The van der Waals surface area contributed by atoms with E-state index in [-0.39, 0.29) is 12.1 Å². The minimum Gasteiger partial charge on any atom is -0.493 e. The van der Waals surface area contributed by atoms with Crippen molar-refractivity contribution in [3.63, 3.8) is 0 Å². The third-order valence-corrected chi connectivity index (χ3v) is 7.97. The van der Waals surface area contributed by atoms with E-state index >= 15 is 0 Å². The fraction of sp³-hybridized carbons (Fsp3) is 0.379. The van der Waals surface area contributed by atoms with Crippen LogP contribution in [0, 0.1) is 0 Å². The maximum atomic E-state index is 13.3. The van der Waals surface area contributed by atoms with E-state index in [2.05, 4.69) is 23.1 Å². The van der Waals surface area contributed by atoms with Gasteiger partial charge in [0.15, 0.2) is 11.5 Å². The molecule has 0 unspecified atom stereocenters. The first-order valence-electron chi connectivity index (χ1n) is 12.6. The Bertz CT molecular complexity index is 1180. The first-order chi connectivity index (χ1) is 17.6. The van der Waals surface area contributed by atoms with Gasteiger partial charge in [-0.05, 0) is 61.2 Å². The number of thiophene rings is 1. The fourth-order valence-electron chi connectivity index (χ4n) is 5.20. The van der Waals surface area contributed by atoms with Gasteiger partial charge in [0, 0.05) is 31.4 Å². The van der Waals surface area contributed by atoms with Crippen LogP contribution in [0.3, 0.4) is 0 Å².